The van der Waals surface area contributed by atoms with E-state index in [1.54, 1.807) is 0 Å². The van der Waals surface area contributed by atoms with E-state index < -0.39 is 0 Å². The number of amides is 2. The molecule has 2 aliphatic rings. The lowest BCUT2D eigenvalue weighted by atomic mass is 9.96. The van der Waals surface area contributed by atoms with Crippen LogP contribution in [-0.4, -0.2) is 61.3 Å². The lowest BCUT2D eigenvalue weighted by Crippen LogP contribution is -2.44. The van der Waals surface area contributed by atoms with Gasteiger partial charge < -0.3 is 15.0 Å². The fraction of sp³-hybridized carbons (Fsp3) is 0.650. The van der Waals surface area contributed by atoms with Gasteiger partial charge in [0, 0.05) is 45.9 Å². The summed E-state index contributed by atoms with van der Waals surface area (Å²) in [6, 6.07) is 10.7. The third-order valence-corrected chi connectivity index (χ3v) is 5.26. The second-order valence-electron chi connectivity index (χ2n) is 7.36. The van der Waals surface area contributed by atoms with Crippen LogP contribution in [0.25, 0.3) is 0 Å². The quantitative estimate of drug-likeness (QED) is 0.913. The van der Waals surface area contributed by atoms with Crippen molar-refractivity contribution in [1.29, 1.82) is 0 Å². The van der Waals surface area contributed by atoms with E-state index in [9.17, 15) is 4.79 Å². The molecule has 5 heteroatoms. The van der Waals surface area contributed by atoms with Crippen molar-refractivity contribution in [2.24, 2.45) is 5.92 Å². The molecule has 0 aliphatic carbocycles. The van der Waals surface area contributed by atoms with Gasteiger partial charge in [-0.1, -0.05) is 30.3 Å². The minimum Gasteiger partial charge on any atom is -0.378 e. The molecule has 0 unspecified atom stereocenters. The molecule has 1 aromatic carbocycles. The Morgan fingerprint density at radius 1 is 1.20 bits per heavy atom. The number of nitrogens with zero attached hydrogens (tertiary/aromatic N) is 2. The van der Waals surface area contributed by atoms with Crippen LogP contribution in [0.1, 0.15) is 31.7 Å². The van der Waals surface area contributed by atoms with Crippen LogP contribution in [0.2, 0.25) is 0 Å². The zero-order valence-corrected chi connectivity index (χ0v) is 15.3. The zero-order valence-electron chi connectivity index (χ0n) is 15.3. The van der Waals surface area contributed by atoms with E-state index in [1.165, 1.54) is 5.56 Å². The molecule has 1 N–H and O–H groups in total. The van der Waals surface area contributed by atoms with Gasteiger partial charge in [-0.2, -0.15) is 0 Å². The minimum atomic E-state index is 0.0979. The molecule has 2 saturated heterocycles. The van der Waals surface area contributed by atoms with Crippen molar-refractivity contribution in [3.8, 4) is 0 Å². The van der Waals surface area contributed by atoms with Crippen molar-refractivity contribution in [2.45, 2.75) is 38.8 Å². The number of nitrogens with one attached hydrogen (secondary N) is 1. The fourth-order valence-corrected chi connectivity index (χ4v) is 3.79. The van der Waals surface area contributed by atoms with Gasteiger partial charge in [0.05, 0.1) is 6.10 Å². The summed E-state index contributed by atoms with van der Waals surface area (Å²) in [5.74, 6) is 0.550. The topological polar surface area (TPSA) is 44.8 Å². The molecular weight excluding hydrogens is 314 g/mol. The highest BCUT2D eigenvalue weighted by atomic mass is 16.5. The number of hydrogen-bond donors (Lipinski definition) is 1. The number of urea groups is 1. The predicted octanol–water partition coefficient (Wildman–Crippen LogP) is 2.72. The molecule has 0 saturated carbocycles. The Balaban J connectivity index is 1.41. The number of carbonyl (C=O) groups excluding carboxylic acids is 1. The normalized spacial score (nSPS) is 25.4. The maximum Gasteiger partial charge on any atom is 0.317 e. The average Bonchev–Trinajstić information content (AvgIpc) is 2.86. The summed E-state index contributed by atoms with van der Waals surface area (Å²) in [5, 5.41) is 3.15. The molecule has 2 heterocycles. The molecule has 0 bridgehead atoms. The van der Waals surface area contributed by atoms with E-state index in [0.717, 1.165) is 65.1 Å². The summed E-state index contributed by atoms with van der Waals surface area (Å²) in [7, 11) is 0. The standard InChI is InChI=1S/C20H31N3O2/c1-17-14-19(8-13-25-17)15-21-20(24)23-10-5-9-22(11-12-23)16-18-6-3-2-4-7-18/h2-4,6-7,17,19H,5,8-16H2,1H3,(H,21,24)/t17-,19-/m0/s1. The van der Waals surface area contributed by atoms with Crippen LogP contribution in [0.15, 0.2) is 30.3 Å². The summed E-state index contributed by atoms with van der Waals surface area (Å²) in [6.45, 7) is 8.33. The van der Waals surface area contributed by atoms with Gasteiger partial charge in [-0.25, -0.2) is 4.79 Å². The van der Waals surface area contributed by atoms with E-state index in [2.05, 4.69) is 47.5 Å². The molecule has 0 aromatic heterocycles. The van der Waals surface area contributed by atoms with E-state index in [-0.39, 0.29) is 6.03 Å². The summed E-state index contributed by atoms with van der Waals surface area (Å²) in [5.41, 5.74) is 1.34. The maximum absolute atomic E-state index is 12.5. The van der Waals surface area contributed by atoms with Gasteiger partial charge in [0.15, 0.2) is 0 Å². The Morgan fingerprint density at radius 3 is 2.84 bits per heavy atom. The molecule has 2 fully saturated rings. The molecule has 138 valence electrons. The summed E-state index contributed by atoms with van der Waals surface area (Å²) in [4.78, 5) is 16.9. The minimum absolute atomic E-state index is 0.0979. The van der Waals surface area contributed by atoms with Crippen LogP contribution in [0.3, 0.4) is 0 Å². The number of rotatable bonds is 4. The molecule has 5 nitrogen and oxygen atoms in total. The van der Waals surface area contributed by atoms with Crippen molar-refractivity contribution >= 4 is 6.03 Å². The zero-order chi connectivity index (χ0) is 17.5. The molecule has 2 atom stereocenters. The highest BCUT2D eigenvalue weighted by Gasteiger charge is 2.22. The molecule has 3 rings (SSSR count). The monoisotopic (exact) mass is 345 g/mol. The highest BCUT2D eigenvalue weighted by Crippen LogP contribution is 2.19. The molecule has 2 aliphatic heterocycles. The van der Waals surface area contributed by atoms with Crippen molar-refractivity contribution in [2.75, 3.05) is 39.3 Å². The van der Waals surface area contributed by atoms with Crippen molar-refractivity contribution in [3.05, 3.63) is 35.9 Å². The van der Waals surface area contributed by atoms with Gasteiger partial charge in [-0.05, 0) is 37.7 Å². The Kier molecular flexibility index (Phi) is 6.70. The van der Waals surface area contributed by atoms with Gasteiger partial charge in [-0.3, -0.25) is 4.90 Å². The number of carbonyl (C=O) groups is 1. The van der Waals surface area contributed by atoms with Crippen LogP contribution < -0.4 is 5.32 Å². The largest absolute Gasteiger partial charge is 0.378 e. The molecular formula is C20H31N3O2. The fourth-order valence-electron chi connectivity index (χ4n) is 3.79. The van der Waals surface area contributed by atoms with Crippen LogP contribution in [0.4, 0.5) is 4.79 Å². The van der Waals surface area contributed by atoms with Crippen molar-refractivity contribution in [3.63, 3.8) is 0 Å². The third kappa shape index (κ3) is 5.72. The van der Waals surface area contributed by atoms with Crippen LogP contribution in [-0.2, 0) is 11.3 Å². The van der Waals surface area contributed by atoms with Crippen LogP contribution >= 0.6 is 0 Å². The molecule has 0 radical (unpaired) electrons. The lowest BCUT2D eigenvalue weighted by Gasteiger charge is -2.28. The van der Waals surface area contributed by atoms with Crippen LogP contribution in [0, 0.1) is 5.92 Å². The SMILES string of the molecule is C[C@H]1C[C@@H](CNC(=O)N2CCCN(Cc3ccccc3)CC2)CCO1. The predicted molar refractivity (Wildman–Crippen MR) is 99.4 cm³/mol. The highest BCUT2D eigenvalue weighted by molar-refractivity contribution is 5.74. The smallest absolute Gasteiger partial charge is 0.317 e. The molecule has 25 heavy (non-hydrogen) atoms. The summed E-state index contributed by atoms with van der Waals surface area (Å²) in [6.07, 6.45) is 3.45. The Labute approximate surface area is 151 Å². The Bertz CT molecular complexity index is 537. The van der Waals surface area contributed by atoms with Gasteiger partial charge in [0.25, 0.3) is 0 Å². The first kappa shape index (κ1) is 18.2. The number of hydrogen-bond acceptors (Lipinski definition) is 3. The lowest BCUT2D eigenvalue weighted by molar-refractivity contribution is 0.00324. The van der Waals surface area contributed by atoms with E-state index in [0.29, 0.717) is 12.0 Å². The van der Waals surface area contributed by atoms with E-state index in [1.807, 2.05) is 4.90 Å². The van der Waals surface area contributed by atoms with Gasteiger partial charge >= 0.3 is 6.03 Å². The van der Waals surface area contributed by atoms with E-state index >= 15 is 0 Å². The second kappa shape index (κ2) is 9.20. The first-order valence-electron chi connectivity index (χ1n) is 9.61. The second-order valence-corrected chi connectivity index (χ2v) is 7.36. The van der Waals surface area contributed by atoms with Crippen molar-refractivity contribution in [1.82, 2.24) is 15.1 Å². The number of ether oxygens (including phenoxy) is 1. The Hall–Kier alpha value is -1.59. The molecule has 2 amide bonds. The molecule has 1 aromatic rings. The molecule has 0 spiro atoms. The third-order valence-electron chi connectivity index (χ3n) is 5.26. The van der Waals surface area contributed by atoms with Gasteiger partial charge in [0.1, 0.15) is 0 Å². The maximum atomic E-state index is 12.5. The number of benzene rings is 1. The van der Waals surface area contributed by atoms with Gasteiger partial charge in [0.2, 0.25) is 0 Å². The summed E-state index contributed by atoms with van der Waals surface area (Å²) >= 11 is 0. The average molecular weight is 345 g/mol. The van der Waals surface area contributed by atoms with E-state index in [4.69, 9.17) is 4.74 Å². The first-order chi connectivity index (χ1) is 12.2. The first-order valence-corrected chi connectivity index (χ1v) is 9.61. The summed E-state index contributed by atoms with van der Waals surface area (Å²) < 4.78 is 5.58. The van der Waals surface area contributed by atoms with Gasteiger partial charge in [-0.15, -0.1) is 0 Å². The Morgan fingerprint density at radius 2 is 2.04 bits per heavy atom. The van der Waals surface area contributed by atoms with Crippen molar-refractivity contribution < 1.29 is 9.53 Å². The van der Waals surface area contributed by atoms with Crippen LogP contribution in [0.5, 0.6) is 0 Å².